The Labute approximate surface area is 93.4 Å². The van der Waals surface area contributed by atoms with Crippen molar-refractivity contribution >= 4 is 22.7 Å². The van der Waals surface area contributed by atoms with Crippen molar-refractivity contribution < 1.29 is 4.42 Å². The van der Waals surface area contributed by atoms with Crippen LogP contribution in [0.4, 0.5) is 0 Å². The summed E-state index contributed by atoms with van der Waals surface area (Å²) in [6.45, 7) is 5.03. The molecule has 0 radical (unpaired) electrons. The van der Waals surface area contributed by atoms with Crippen molar-refractivity contribution in [3.05, 3.63) is 29.1 Å². The zero-order chi connectivity index (χ0) is 10.8. The standard InChI is InChI=1S/C11H13ClN2O/c1-3-13-7(2)10-6-8(12)11-9(14-10)4-5-15-11/h4-7,13H,3H2,1-2H3. The molecule has 0 bridgehead atoms. The minimum Gasteiger partial charge on any atom is -0.461 e. The predicted octanol–water partition coefficient (Wildman–Crippen LogP) is 3.15. The van der Waals surface area contributed by atoms with Crippen molar-refractivity contribution in [2.75, 3.05) is 6.54 Å². The number of rotatable bonds is 3. The summed E-state index contributed by atoms with van der Waals surface area (Å²) in [4.78, 5) is 4.47. The van der Waals surface area contributed by atoms with Gasteiger partial charge >= 0.3 is 0 Å². The lowest BCUT2D eigenvalue weighted by Crippen LogP contribution is -2.18. The first-order chi connectivity index (χ1) is 7.22. The molecule has 2 rings (SSSR count). The normalized spacial score (nSPS) is 13.3. The van der Waals surface area contributed by atoms with Crippen molar-refractivity contribution in [2.45, 2.75) is 19.9 Å². The van der Waals surface area contributed by atoms with Gasteiger partial charge in [-0.05, 0) is 19.5 Å². The molecule has 2 aromatic heterocycles. The van der Waals surface area contributed by atoms with Crippen molar-refractivity contribution in [2.24, 2.45) is 0 Å². The van der Waals surface area contributed by atoms with Crippen molar-refractivity contribution in [3.63, 3.8) is 0 Å². The highest BCUT2D eigenvalue weighted by Gasteiger charge is 2.11. The summed E-state index contributed by atoms with van der Waals surface area (Å²) in [6.07, 6.45) is 1.60. The average molecular weight is 225 g/mol. The largest absolute Gasteiger partial charge is 0.461 e. The molecular weight excluding hydrogens is 212 g/mol. The van der Waals surface area contributed by atoms with Crippen molar-refractivity contribution in [1.82, 2.24) is 10.3 Å². The van der Waals surface area contributed by atoms with Crippen LogP contribution in [-0.2, 0) is 0 Å². The Morgan fingerprint density at radius 1 is 1.60 bits per heavy atom. The van der Waals surface area contributed by atoms with Crippen LogP contribution in [0.25, 0.3) is 11.1 Å². The number of aromatic nitrogens is 1. The third kappa shape index (κ3) is 1.98. The minimum atomic E-state index is 0.201. The Kier molecular flexibility index (Phi) is 2.93. The maximum absolute atomic E-state index is 6.09. The molecule has 0 amide bonds. The second-order valence-corrected chi connectivity index (χ2v) is 3.85. The third-order valence-electron chi connectivity index (χ3n) is 2.34. The van der Waals surface area contributed by atoms with E-state index in [2.05, 4.69) is 24.1 Å². The zero-order valence-electron chi connectivity index (χ0n) is 8.75. The van der Waals surface area contributed by atoms with Gasteiger partial charge in [0.1, 0.15) is 5.52 Å². The van der Waals surface area contributed by atoms with Crippen LogP contribution in [0.1, 0.15) is 25.6 Å². The molecule has 0 aromatic carbocycles. The molecule has 2 heterocycles. The van der Waals surface area contributed by atoms with Crippen LogP contribution in [0.2, 0.25) is 5.02 Å². The third-order valence-corrected chi connectivity index (χ3v) is 2.62. The smallest absolute Gasteiger partial charge is 0.170 e. The maximum atomic E-state index is 6.09. The first-order valence-electron chi connectivity index (χ1n) is 4.99. The fraction of sp³-hybridized carbons (Fsp3) is 0.364. The molecule has 0 saturated carbocycles. The molecule has 4 heteroatoms. The molecule has 1 unspecified atom stereocenters. The van der Waals surface area contributed by atoms with Gasteiger partial charge in [-0.15, -0.1) is 0 Å². The highest BCUT2D eigenvalue weighted by Crippen LogP contribution is 2.25. The number of halogens is 1. The second-order valence-electron chi connectivity index (χ2n) is 3.44. The van der Waals surface area contributed by atoms with Crippen LogP contribution in [0.15, 0.2) is 22.8 Å². The Balaban J connectivity index is 2.44. The van der Waals surface area contributed by atoms with E-state index in [4.69, 9.17) is 16.0 Å². The van der Waals surface area contributed by atoms with Crippen LogP contribution in [0, 0.1) is 0 Å². The molecular formula is C11H13ClN2O. The molecule has 15 heavy (non-hydrogen) atoms. The first kappa shape index (κ1) is 10.5. The van der Waals surface area contributed by atoms with Gasteiger partial charge in [-0.25, -0.2) is 4.98 Å². The van der Waals surface area contributed by atoms with E-state index in [1.165, 1.54) is 0 Å². The van der Waals surface area contributed by atoms with Gasteiger partial charge in [0.2, 0.25) is 0 Å². The van der Waals surface area contributed by atoms with E-state index in [0.717, 1.165) is 17.8 Å². The lowest BCUT2D eigenvalue weighted by atomic mass is 10.2. The quantitative estimate of drug-likeness (QED) is 0.871. The van der Waals surface area contributed by atoms with Crippen molar-refractivity contribution in [3.8, 4) is 0 Å². The average Bonchev–Trinajstić information content (AvgIpc) is 2.66. The number of fused-ring (bicyclic) bond motifs is 1. The van der Waals surface area contributed by atoms with Gasteiger partial charge in [-0.3, -0.25) is 0 Å². The fourth-order valence-electron chi connectivity index (χ4n) is 1.57. The molecule has 2 aromatic rings. The monoisotopic (exact) mass is 224 g/mol. The number of hydrogen-bond acceptors (Lipinski definition) is 3. The molecule has 0 saturated heterocycles. The highest BCUT2D eigenvalue weighted by atomic mass is 35.5. The fourth-order valence-corrected chi connectivity index (χ4v) is 1.82. The highest BCUT2D eigenvalue weighted by molar-refractivity contribution is 6.34. The Morgan fingerprint density at radius 2 is 2.40 bits per heavy atom. The zero-order valence-corrected chi connectivity index (χ0v) is 9.51. The van der Waals surface area contributed by atoms with Gasteiger partial charge in [0, 0.05) is 12.1 Å². The van der Waals surface area contributed by atoms with E-state index in [9.17, 15) is 0 Å². The Bertz CT molecular complexity index is 467. The summed E-state index contributed by atoms with van der Waals surface area (Å²) in [7, 11) is 0. The predicted molar refractivity (Wildman–Crippen MR) is 61.1 cm³/mol. The second kappa shape index (κ2) is 4.21. The number of furan rings is 1. The van der Waals surface area contributed by atoms with Gasteiger partial charge in [0.05, 0.1) is 17.0 Å². The topological polar surface area (TPSA) is 38.1 Å². The summed E-state index contributed by atoms with van der Waals surface area (Å²) in [6, 6.07) is 3.87. The molecule has 0 aliphatic rings. The molecule has 0 spiro atoms. The Morgan fingerprint density at radius 3 is 3.13 bits per heavy atom. The van der Waals surface area contributed by atoms with E-state index in [1.807, 2.05) is 12.1 Å². The van der Waals surface area contributed by atoms with Gasteiger partial charge in [-0.2, -0.15) is 0 Å². The van der Waals surface area contributed by atoms with Gasteiger partial charge < -0.3 is 9.73 Å². The number of pyridine rings is 1. The minimum absolute atomic E-state index is 0.201. The Hall–Kier alpha value is -1.06. The number of hydrogen-bond donors (Lipinski definition) is 1. The first-order valence-corrected chi connectivity index (χ1v) is 5.37. The molecule has 0 aliphatic carbocycles. The van der Waals surface area contributed by atoms with E-state index >= 15 is 0 Å². The maximum Gasteiger partial charge on any atom is 0.170 e. The van der Waals surface area contributed by atoms with Gasteiger partial charge in [0.15, 0.2) is 5.58 Å². The summed E-state index contributed by atoms with van der Waals surface area (Å²) in [5.74, 6) is 0. The van der Waals surface area contributed by atoms with E-state index < -0.39 is 0 Å². The van der Waals surface area contributed by atoms with Gasteiger partial charge in [0.25, 0.3) is 0 Å². The molecule has 1 N–H and O–H groups in total. The lowest BCUT2D eigenvalue weighted by Gasteiger charge is -2.11. The molecule has 1 atom stereocenters. The SMILES string of the molecule is CCNC(C)c1cc(Cl)c2occc2n1. The van der Waals surface area contributed by atoms with E-state index in [-0.39, 0.29) is 6.04 Å². The van der Waals surface area contributed by atoms with Gasteiger partial charge in [-0.1, -0.05) is 18.5 Å². The summed E-state index contributed by atoms with van der Waals surface area (Å²) in [5, 5.41) is 3.91. The molecule has 0 aliphatic heterocycles. The molecule has 3 nitrogen and oxygen atoms in total. The lowest BCUT2D eigenvalue weighted by molar-refractivity contribution is 0.583. The van der Waals surface area contributed by atoms with Crippen LogP contribution in [-0.4, -0.2) is 11.5 Å². The number of nitrogens with one attached hydrogen (secondary N) is 1. The summed E-state index contributed by atoms with van der Waals surface area (Å²) in [5.41, 5.74) is 2.40. The molecule has 0 fully saturated rings. The van der Waals surface area contributed by atoms with E-state index in [1.54, 1.807) is 6.26 Å². The number of nitrogens with zero attached hydrogens (tertiary/aromatic N) is 1. The summed E-state index contributed by atoms with van der Waals surface area (Å²) < 4.78 is 5.23. The van der Waals surface area contributed by atoms with E-state index in [0.29, 0.717) is 10.6 Å². The summed E-state index contributed by atoms with van der Waals surface area (Å²) >= 11 is 6.09. The van der Waals surface area contributed by atoms with Crippen molar-refractivity contribution in [1.29, 1.82) is 0 Å². The van der Waals surface area contributed by atoms with Crippen LogP contribution in [0.3, 0.4) is 0 Å². The van der Waals surface area contributed by atoms with Crippen LogP contribution >= 0.6 is 11.6 Å². The van der Waals surface area contributed by atoms with Crippen LogP contribution in [0.5, 0.6) is 0 Å². The van der Waals surface area contributed by atoms with Crippen LogP contribution < -0.4 is 5.32 Å². The molecule has 80 valence electrons.